The van der Waals surface area contributed by atoms with Crippen LogP contribution in [-0.4, -0.2) is 49.9 Å². The van der Waals surface area contributed by atoms with E-state index in [2.05, 4.69) is 27.4 Å². The highest BCUT2D eigenvalue weighted by Crippen LogP contribution is 2.23. The summed E-state index contributed by atoms with van der Waals surface area (Å²) in [4.78, 5) is 38.9. The summed E-state index contributed by atoms with van der Waals surface area (Å²) in [6, 6.07) is 14.2. The van der Waals surface area contributed by atoms with Gasteiger partial charge in [-0.05, 0) is 36.4 Å². The van der Waals surface area contributed by atoms with Crippen molar-refractivity contribution in [3.8, 4) is 0 Å². The van der Waals surface area contributed by atoms with Gasteiger partial charge in [0.25, 0.3) is 5.56 Å². The van der Waals surface area contributed by atoms with Crippen LogP contribution in [0, 0.1) is 0 Å². The van der Waals surface area contributed by atoms with E-state index >= 15 is 0 Å². The van der Waals surface area contributed by atoms with Crippen molar-refractivity contribution in [2.24, 2.45) is 0 Å². The molecule has 2 aromatic heterocycles. The van der Waals surface area contributed by atoms with Crippen molar-refractivity contribution in [1.82, 2.24) is 24.5 Å². The first kappa shape index (κ1) is 21.7. The van der Waals surface area contributed by atoms with E-state index in [1.165, 1.54) is 16.3 Å². The molecule has 3 heterocycles. The number of benzene rings is 2. The van der Waals surface area contributed by atoms with Crippen LogP contribution in [-0.2, 0) is 11.3 Å². The minimum atomic E-state index is -0.211. The molecule has 3 amide bonds. The lowest BCUT2D eigenvalue weighted by Gasteiger charge is -2.14. The summed E-state index contributed by atoms with van der Waals surface area (Å²) in [7, 11) is 0. The quantitative estimate of drug-likeness (QED) is 0.314. The van der Waals surface area contributed by atoms with Crippen molar-refractivity contribution in [2.75, 3.05) is 29.1 Å². The van der Waals surface area contributed by atoms with Gasteiger partial charge in [-0.25, -0.2) is 4.79 Å². The molecule has 0 spiro atoms. The number of nitrogens with zero attached hydrogens (tertiary/aromatic N) is 5. The lowest BCUT2D eigenvalue weighted by atomic mass is 10.2. The summed E-state index contributed by atoms with van der Waals surface area (Å²) in [5.74, 6) is 0.289. The minimum Gasteiger partial charge on any atom is -0.336 e. The van der Waals surface area contributed by atoms with Gasteiger partial charge in [-0.3, -0.25) is 23.5 Å². The second kappa shape index (κ2) is 9.02. The van der Waals surface area contributed by atoms with Gasteiger partial charge >= 0.3 is 6.03 Å². The molecule has 1 aliphatic rings. The Morgan fingerprint density at radius 1 is 1.15 bits per heavy atom. The maximum absolute atomic E-state index is 12.9. The molecule has 4 aromatic rings. The molecule has 11 heteroatoms. The molecule has 34 heavy (non-hydrogen) atoms. The Morgan fingerprint density at radius 2 is 1.94 bits per heavy atom. The molecule has 172 valence electrons. The number of hydrogen-bond acceptors (Lipinski definition) is 6. The van der Waals surface area contributed by atoms with Crippen LogP contribution in [0.2, 0.25) is 0 Å². The van der Waals surface area contributed by atoms with Gasteiger partial charge in [0.15, 0.2) is 5.16 Å². The van der Waals surface area contributed by atoms with Crippen molar-refractivity contribution in [3.63, 3.8) is 0 Å². The summed E-state index contributed by atoms with van der Waals surface area (Å²) in [6.45, 7) is 5.25. The number of aromatic nitrogens is 4. The Labute approximate surface area is 198 Å². The first-order valence-electron chi connectivity index (χ1n) is 10.6. The van der Waals surface area contributed by atoms with Gasteiger partial charge in [-0.1, -0.05) is 30.0 Å². The maximum atomic E-state index is 12.9. The summed E-state index contributed by atoms with van der Waals surface area (Å²) < 4.78 is 3.29. The SMILES string of the molecule is C=CCn1c(=O)c2ccccc2n2c(SCC(=O)Nc3ccc(N4CCNC4=O)cc3)nnc12. The molecular weight excluding hydrogens is 454 g/mol. The van der Waals surface area contributed by atoms with E-state index in [-0.39, 0.29) is 23.3 Å². The van der Waals surface area contributed by atoms with Crippen LogP contribution in [0.5, 0.6) is 0 Å². The Morgan fingerprint density at radius 3 is 2.68 bits per heavy atom. The molecule has 2 aromatic carbocycles. The van der Waals surface area contributed by atoms with Crippen molar-refractivity contribution < 1.29 is 9.59 Å². The van der Waals surface area contributed by atoms with Gasteiger partial charge in [0.05, 0.1) is 16.7 Å². The van der Waals surface area contributed by atoms with E-state index in [4.69, 9.17) is 0 Å². The monoisotopic (exact) mass is 475 g/mol. The number of hydrogen-bond donors (Lipinski definition) is 2. The van der Waals surface area contributed by atoms with E-state index in [0.717, 1.165) is 5.69 Å². The number of carbonyl (C=O) groups excluding carboxylic acids is 2. The fourth-order valence-electron chi connectivity index (χ4n) is 3.89. The standard InChI is InChI=1S/C23H21N7O3S/c1-2-12-29-20(32)17-5-3-4-6-18(17)30-21(29)26-27-23(30)34-14-19(31)25-15-7-9-16(10-8-15)28-13-11-24-22(28)33/h2-10H,1,11-14H2,(H,24,33)(H,25,31). The predicted molar refractivity (Wildman–Crippen MR) is 131 cm³/mol. The fraction of sp³-hybridized carbons (Fsp3) is 0.174. The lowest BCUT2D eigenvalue weighted by molar-refractivity contribution is -0.113. The molecule has 0 bridgehead atoms. The zero-order valence-corrected chi connectivity index (χ0v) is 18.9. The number of amides is 3. The van der Waals surface area contributed by atoms with E-state index in [9.17, 15) is 14.4 Å². The molecular formula is C23H21N7O3S. The zero-order chi connectivity index (χ0) is 23.7. The summed E-state index contributed by atoms with van der Waals surface area (Å²) >= 11 is 1.23. The molecule has 10 nitrogen and oxygen atoms in total. The van der Waals surface area contributed by atoms with Crippen molar-refractivity contribution in [2.45, 2.75) is 11.7 Å². The normalized spacial score (nSPS) is 13.4. The van der Waals surface area contributed by atoms with Gasteiger partial charge in [0.1, 0.15) is 0 Å². The highest BCUT2D eigenvalue weighted by molar-refractivity contribution is 7.99. The van der Waals surface area contributed by atoms with Gasteiger partial charge in [-0.15, -0.1) is 16.8 Å². The first-order chi connectivity index (χ1) is 16.6. The average Bonchev–Trinajstić information content (AvgIpc) is 3.47. The van der Waals surface area contributed by atoms with Gasteiger partial charge in [-0.2, -0.15) is 0 Å². The van der Waals surface area contributed by atoms with Crippen LogP contribution in [0.4, 0.5) is 16.2 Å². The topological polar surface area (TPSA) is 114 Å². The van der Waals surface area contributed by atoms with Crippen molar-refractivity contribution in [3.05, 3.63) is 71.5 Å². The number of thioether (sulfide) groups is 1. The highest BCUT2D eigenvalue weighted by atomic mass is 32.2. The number of nitrogens with one attached hydrogen (secondary N) is 2. The average molecular weight is 476 g/mol. The third-order valence-electron chi connectivity index (χ3n) is 5.44. The smallest absolute Gasteiger partial charge is 0.321 e. The number of urea groups is 1. The van der Waals surface area contributed by atoms with Crippen molar-refractivity contribution in [1.29, 1.82) is 0 Å². The van der Waals surface area contributed by atoms with E-state index < -0.39 is 0 Å². The molecule has 1 aliphatic heterocycles. The molecule has 2 N–H and O–H groups in total. The summed E-state index contributed by atoms with van der Waals surface area (Å²) in [5, 5.41) is 15.1. The highest BCUT2D eigenvalue weighted by Gasteiger charge is 2.21. The Bertz CT molecular complexity index is 1480. The molecule has 0 radical (unpaired) electrons. The Kier molecular flexibility index (Phi) is 5.76. The molecule has 1 fully saturated rings. The van der Waals surface area contributed by atoms with Gasteiger partial charge < -0.3 is 10.6 Å². The number of rotatable bonds is 7. The summed E-state index contributed by atoms with van der Waals surface area (Å²) in [6.07, 6.45) is 1.63. The molecule has 0 unspecified atom stereocenters. The van der Waals surface area contributed by atoms with Crippen molar-refractivity contribution >= 4 is 51.8 Å². The maximum Gasteiger partial charge on any atom is 0.321 e. The molecule has 1 saturated heterocycles. The van der Waals surface area contributed by atoms with Crippen LogP contribution in [0.1, 0.15) is 0 Å². The molecule has 0 aliphatic carbocycles. The number of anilines is 2. The lowest BCUT2D eigenvalue weighted by Crippen LogP contribution is -2.27. The third kappa shape index (κ3) is 3.90. The number of carbonyl (C=O) groups is 2. The molecule has 0 saturated carbocycles. The van der Waals surface area contributed by atoms with Gasteiger partial charge in [0.2, 0.25) is 11.7 Å². The Hall–Kier alpha value is -4.12. The van der Waals surface area contributed by atoms with Crippen LogP contribution < -0.4 is 21.1 Å². The third-order valence-corrected chi connectivity index (χ3v) is 6.37. The molecule has 5 rings (SSSR count). The van der Waals surface area contributed by atoms with E-state index in [0.29, 0.717) is 47.2 Å². The zero-order valence-electron chi connectivity index (χ0n) is 18.1. The Balaban J connectivity index is 1.34. The fourth-order valence-corrected chi connectivity index (χ4v) is 4.63. The minimum absolute atomic E-state index is 0.103. The molecule has 0 atom stereocenters. The van der Waals surface area contributed by atoms with Crippen LogP contribution in [0.15, 0.2) is 71.1 Å². The predicted octanol–water partition coefficient (Wildman–Crippen LogP) is 2.49. The van der Waals surface area contributed by atoms with Crippen LogP contribution in [0.25, 0.3) is 16.7 Å². The second-order valence-corrected chi connectivity index (χ2v) is 8.55. The number of fused-ring (bicyclic) bond motifs is 3. The first-order valence-corrected chi connectivity index (χ1v) is 11.6. The second-order valence-electron chi connectivity index (χ2n) is 7.61. The van der Waals surface area contributed by atoms with E-state index in [1.807, 2.05) is 12.1 Å². The van der Waals surface area contributed by atoms with Crippen LogP contribution >= 0.6 is 11.8 Å². The number of para-hydroxylation sites is 1. The van der Waals surface area contributed by atoms with Crippen LogP contribution in [0.3, 0.4) is 0 Å². The largest absolute Gasteiger partial charge is 0.336 e. The summed E-state index contributed by atoms with van der Waals surface area (Å²) in [5.41, 5.74) is 1.91. The number of allylic oxidation sites excluding steroid dienone is 1. The van der Waals surface area contributed by atoms with E-state index in [1.54, 1.807) is 51.8 Å². The van der Waals surface area contributed by atoms with Gasteiger partial charge in [0, 0.05) is 31.0 Å².